The molecule has 0 spiro atoms. The van der Waals surface area contributed by atoms with Crippen molar-refractivity contribution in [3.8, 4) is 5.75 Å². The minimum atomic E-state index is -3.43. The topological polar surface area (TPSA) is 86.5 Å². The van der Waals surface area contributed by atoms with Gasteiger partial charge in [-0.1, -0.05) is 24.3 Å². The monoisotopic (exact) mass is 329 g/mol. The van der Waals surface area contributed by atoms with Crippen molar-refractivity contribution >= 4 is 27.6 Å². The number of aldehydes is 1. The first kappa shape index (κ1) is 15.3. The summed E-state index contributed by atoms with van der Waals surface area (Å²) in [5.74, 6) is 0.170. The zero-order chi connectivity index (χ0) is 16.6. The van der Waals surface area contributed by atoms with E-state index in [0.29, 0.717) is 28.3 Å². The number of nitrogens with two attached hydrogens (primary N) is 1. The van der Waals surface area contributed by atoms with E-state index in [-0.39, 0.29) is 4.90 Å². The van der Waals surface area contributed by atoms with E-state index in [2.05, 4.69) is 0 Å². The van der Waals surface area contributed by atoms with Gasteiger partial charge in [0.1, 0.15) is 12.0 Å². The van der Waals surface area contributed by atoms with Crippen LogP contribution in [0, 0.1) is 0 Å². The number of sulfone groups is 1. The van der Waals surface area contributed by atoms with Crippen molar-refractivity contribution in [3.63, 3.8) is 0 Å². The van der Waals surface area contributed by atoms with Crippen LogP contribution in [-0.4, -0.2) is 21.0 Å². The van der Waals surface area contributed by atoms with Gasteiger partial charge in [-0.3, -0.25) is 0 Å². The number of nitrogen functional groups attached to an aromatic ring is 1. The van der Waals surface area contributed by atoms with Gasteiger partial charge in [-0.25, -0.2) is 8.42 Å². The lowest BCUT2D eigenvalue weighted by atomic mass is 9.94. The van der Waals surface area contributed by atoms with Gasteiger partial charge in [0, 0.05) is 17.4 Å². The third-order valence-electron chi connectivity index (χ3n) is 3.68. The first-order chi connectivity index (χ1) is 10.9. The zero-order valence-electron chi connectivity index (χ0n) is 12.4. The van der Waals surface area contributed by atoms with E-state index < -0.39 is 15.8 Å². The molecule has 0 radical (unpaired) electrons. The number of ether oxygens (including phenoxy) is 1. The maximum absolute atomic E-state index is 12.0. The van der Waals surface area contributed by atoms with Crippen LogP contribution in [0.2, 0.25) is 0 Å². The molecule has 2 aromatic carbocycles. The standard InChI is InChI=1S/C17H15NO4S/c1-23(20,21)16-8-3-2-5-13(16)15-9-11(10-19)12-6-4-7-14(18)17(12)22-15/h2-11H,18H2,1H3. The number of carbonyl (C=O) groups is 1. The van der Waals surface area contributed by atoms with Crippen LogP contribution in [-0.2, 0) is 14.6 Å². The van der Waals surface area contributed by atoms with Crippen molar-refractivity contribution in [2.75, 3.05) is 12.0 Å². The number of benzene rings is 2. The smallest absolute Gasteiger partial charge is 0.176 e. The minimum Gasteiger partial charge on any atom is -0.454 e. The summed E-state index contributed by atoms with van der Waals surface area (Å²) in [6.45, 7) is 0. The maximum Gasteiger partial charge on any atom is 0.176 e. The summed E-state index contributed by atoms with van der Waals surface area (Å²) < 4.78 is 29.8. The Balaban J connectivity index is 2.19. The zero-order valence-corrected chi connectivity index (χ0v) is 13.2. The van der Waals surface area contributed by atoms with Gasteiger partial charge < -0.3 is 15.3 Å². The normalized spacial score (nSPS) is 16.9. The van der Waals surface area contributed by atoms with E-state index in [0.717, 1.165) is 12.5 Å². The van der Waals surface area contributed by atoms with Crippen LogP contribution in [0.4, 0.5) is 5.69 Å². The molecule has 0 fully saturated rings. The molecule has 0 saturated heterocycles. The van der Waals surface area contributed by atoms with Crippen LogP contribution < -0.4 is 10.5 Å². The molecule has 118 valence electrons. The van der Waals surface area contributed by atoms with E-state index in [4.69, 9.17) is 10.5 Å². The maximum atomic E-state index is 12.0. The minimum absolute atomic E-state index is 0.147. The molecular formula is C17H15NO4S. The fourth-order valence-electron chi connectivity index (χ4n) is 2.60. The molecule has 2 aromatic rings. The van der Waals surface area contributed by atoms with Gasteiger partial charge in [0.05, 0.1) is 16.5 Å². The molecule has 23 heavy (non-hydrogen) atoms. The van der Waals surface area contributed by atoms with Crippen molar-refractivity contribution in [1.29, 1.82) is 0 Å². The molecule has 1 unspecified atom stereocenters. The van der Waals surface area contributed by atoms with Crippen LogP contribution in [0.1, 0.15) is 17.0 Å². The SMILES string of the molecule is CS(=O)(=O)c1ccccc1C1=CC(C=O)c2cccc(N)c2O1. The number of anilines is 1. The summed E-state index contributed by atoms with van der Waals surface area (Å²) in [5, 5.41) is 0. The van der Waals surface area contributed by atoms with Crippen LogP contribution in [0.25, 0.3) is 5.76 Å². The molecule has 1 aliphatic heterocycles. The Bertz CT molecular complexity index is 916. The van der Waals surface area contributed by atoms with Crippen LogP contribution in [0.3, 0.4) is 0 Å². The molecule has 0 amide bonds. The van der Waals surface area contributed by atoms with E-state index >= 15 is 0 Å². The Labute approximate surface area is 134 Å². The first-order valence-corrected chi connectivity index (χ1v) is 8.84. The largest absolute Gasteiger partial charge is 0.454 e. The van der Waals surface area contributed by atoms with Gasteiger partial charge in [0.15, 0.2) is 15.6 Å². The summed E-state index contributed by atoms with van der Waals surface area (Å²) in [6.07, 6.45) is 3.53. The summed E-state index contributed by atoms with van der Waals surface area (Å²) >= 11 is 0. The lowest BCUT2D eigenvalue weighted by Gasteiger charge is -2.24. The third kappa shape index (κ3) is 2.73. The fraction of sp³-hybridized carbons (Fsp3) is 0.118. The summed E-state index contributed by atoms with van der Waals surface area (Å²) in [6, 6.07) is 11.7. The van der Waals surface area contributed by atoms with Crippen molar-refractivity contribution < 1.29 is 17.9 Å². The summed E-state index contributed by atoms with van der Waals surface area (Å²) in [4.78, 5) is 11.6. The van der Waals surface area contributed by atoms with Gasteiger partial charge >= 0.3 is 0 Å². The molecule has 0 aliphatic carbocycles. The predicted octanol–water partition coefficient (Wildman–Crippen LogP) is 2.39. The Morgan fingerprint density at radius 2 is 1.87 bits per heavy atom. The molecule has 1 heterocycles. The molecular weight excluding hydrogens is 314 g/mol. The number of fused-ring (bicyclic) bond motifs is 1. The number of allylic oxidation sites excluding steroid dienone is 1. The molecule has 1 aliphatic rings. The summed E-state index contributed by atoms with van der Waals surface area (Å²) in [7, 11) is -3.43. The van der Waals surface area contributed by atoms with Gasteiger partial charge in [0.25, 0.3) is 0 Å². The lowest BCUT2D eigenvalue weighted by molar-refractivity contribution is -0.108. The highest BCUT2D eigenvalue weighted by Crippen LogP contribution is 2.41. The van der Waals surface area contributed by atoms with Gasteiger partial charge in [0.2, 0.25) is 0 Å². The Hall–Kier alpha value is -2.60. The number of hydrogen-bond acceptors (Lipinski definition) is 5. The van der Waals surface area contributed by atoms with Gasteiger partial charge in [-0.2, -0.15) is 0 Å². The van der Waals surface area contributed by atoms with Crippen molar-refractivity contribution in [3.05, 3.63) is 59.7 Å². The third-order valence-corrected chi connectivity index (χ3v) is 4.83. The van der Waals surface area contributed by atoms with E-state index in [1.807, 2.05) is 0 Å². The molecule has 0 aromatic heterocycles. The lowest BCUT2D eigenvalue weighted by Crippen LogP contribution is -2.13. The van der Waals surface area contributed by atoms with Gasteiger partial charge in [-0.05, 0) is 24.3 Å². The van der Waals surface area contributed by atoms with Crippen molar-refractivity contribution in [2.24, 2.45) is 0 Å². The Kier molecular flexibility index (Phi) is 3.69. The molecule has 2 N–H and O–H groups in total. The highest BCUT2D eigenvalue weighted by atomic mass is 32.2. The number of para-hydroxylation sites is 1. The Morgan fingerprint density at radius 1 is 1.13 bits per heavy atom. The van der Waals surface area contributed by atoms with Crippen LogP contribution in [0.5, 0.6) is 5.75 Å². The average Bonchev–Trinajstić information content (AvgIpc) is 2.53. The number of hydrogen-bond donors (Lipinski definition) is 1. The quantitative estimate of drug-likeness (QED) is 0.690. The molecule has 3 rings (SSSR count). The van der Waals surface area contributed by atoms with E-state index in [1.165, 1.54) is 6.07 Å². The molecule has 5 nitrogen and oxygen atoms in total. The van der Waals surface area contributed by atoms with Gasteiger partial charge in [-0.15, -0.1) is 0 Å². The van der Waals surface area contributed by atoms with Crippen molar-refractivity contribution in [2.45, 2.75) is 10.8 Å². The highest BCUT2D eigenvalue weighted by molar-refractivity contribution is 7.90. The molecule has 0 saturated carbocycles. The average molecular weight is 329 g/mol. The fourth-order valence-corrected chi connectivity index (χ4v) is 3.50. The van der Waals surface area contributed by atoms with E-state index in [9.17, 15) is 13.2 Å². The first-order valence-electron chi connectivity index (χ1n) is 6.94. The predicted molar refractivity (Wildman–Crippen MR) is 87.8 cm³/mol. The Morgan fingerprint density at radius 3 is 2.57 bits per heavy atom. The number of carbonyl (C=O) groups excluding carboxylic acids is 1. The number of rotatable bonds is 3. The summed E-state index contributed by atoms with van der Waals surface area (Å²) in [5.41, 5.74) is 7.42. The van der Waals surface area contributed by atoms with Crippen LogP contribution >= 0.6 is 0 Å². The van der Waals surface area contributed by atoms with Crippen LogP contribution in [0.15, 0.2) is 53.4 Å². The van der Waals surface area contributed by atoms with Crippen molar-refractivity contribution in [1.82, 2.24) is 0 Å². The molecule has 0 bridgehead atoms. The molecule has 6 heteroatoms. The highest BCUT2D eigenvalue weighted by Gasteiger charge is 2.26. The second kappa shape index (κ2) is 5.55. The second-order valence-corrected chi connectivity index (χ2v) is 7.31. The van der Waals surface area contributed by atoms with E-state index in [1.54, 1.807) is 42.5 Å². The molecule has 1 atom stereocenters. The second-order valence-electron chi connectivity index (χ2n) is 5.33.